The Hall–Kier alpha value is -3.13. The molecule has 4 aromatic heterocycles. The highest BCUT2D eigenvalue weighted by atomic mass is 32.1. The van der Waals surface area contributed by atoms with Gasteiger partial charge in [0.05, 0.1) is 18.4 Å². The number of pyridine rings is 1. The Kier molecular flexibility index (Phi) is 4.78. The minimum absolute atomic E-state index is 0.0967. The first-order valence-electron chi connectivity index (χ1n) is 10.0. The van der Waals surface area contributed by atoms with Crippen LogP contribution in [0.4, 0.5) is 5.13 Å². The number of carbonyl (C=O) groups excluding carboxylic acids is 1. The van der Waals surface area contributed by atoms with E-state index in [0.717, 1.165) is 51.3 Å². The SMILES string of the molecule is Cc1cc(C(=O)N2CCN(c3nc4cccnc4s3)CC2)c(C)n1Cc1ccco1. The van der Waals surface area contributed by atoms with Crippen LogP contribution >= 0.6 is 11.3 Å². The Bertz CT molecular complexity index is 1150. The van der Waals surface area contributed by atoms with Gasteiger partial charge in [-0.3, -0.25) is 4.79 Å². The standard InChI is InChI=1S/C22H23N5O2S/c1-15-13-18(16(2)27(15)14-17-5-4-12-29-17)21(28)25-8-10-26(11-9-25)22-24-19-6-3-7-23-20(19)30-22/h3-7,12-13H,8-11,14H2,1-2H3. The molecule has 0 atom stereocenters. The molecule has 30 heavy (non-hydrogen) atoms. The number of piperazine rings is 1. The molecule has 1 fully saturated rings. The molecule has 0 aliphatic carbocycles. The molecular weight excluding hydrogens is 398 g/mol. The molecule has 1 amide bonds. The Morgan fingerprint density at radius 2 is 2.00 bits per heavy atom. The molecule has 7 nitrogen and oxygen atoms in total. The second kappa shape index (κ2) is 7.60. The maximum absolute atomic E-state index is 13.2. The molecule has 0 aromatic carbocycles. The zero-order valence-electron chi connectivity index (χ0n) is 17.0. The van der Waals surface area contributed by atoms with Crippen LogP contribution in [0.5, 0.6) is 0 Å². The van der Waals surface area contributed by atoms with E-state index < -0.39 is 0 Å². The molecule has 154 valence electrons. The molecule has 4 aromatic rings. The molecule has 0 bridgehead atoms. The molecule has 5 heterocycles. The number of carbonyl (C=O) groups is 1. The molecule has 0 N–H and O–H groups in total. The lowest BCUT2D eigenvalue weighted by Gasteiger charge is -2.34. The topological polar surface area (TPSA) is 67.4 Å². The molecule has 1 aliphatic heterocycles. The van der Waals surface area contributed by atoms with Crippen LogP contribution < -0.4 is 4.90 Å². The van der Waals surface area contributed by atoms with Crippen LogP contribution in [0.2, 0.25) is 0 Å². The lowest BCUT2D eigenvalue weighted by Crippen LogP contribution is -2.48. The van der Waals surface area contributed by atoms with Gasteiger partial charge in [0, 0.05) is 43.8 Å². The van der Waals surface area contributed by atoms with Crippen molar-refractivity contribution in [3.63, 3.8) is 0 Å². The number of furan rings is 1. The summed E-state index contributed by atoms with van der Waals surface area (Å²) in [4.78, 5) is 27.4. The monoisotopic (exact) mass is 421 g/mol. The minimum atomic E-state index is 0.0967. The third kappa shape index (κ3) is 3.37. The van der Waals surface area contributed by atoms with Crippen LogP contribution in [0.25, 0.3) is 10.3 Å². The van der Waals surface area contributed by atoms with Crippen LogP contribution in [0.1, 0.15) is 27.5 Å². The van der Waals surface area contributed by atoms with Crippen molar-refractivity contribution in [2.24, 2.45) is 0 Å². The molecular formula is C22H23N5O2S. The number of rotatable bonds is 4. The van der Waals surface area contributed by atoms with Gasteiger partial charge in [-0.25, -0.2) is 9.97 Å². The molecule has 0 saturated carbocycles. The second-order valence-electron chi connectivity index (χ2n) is 7.55. The first kappa shape index (κ1) is 18.9. The van der Waals surface area contributed by atoms with Crippen molar-refractivity contribution < 1.29 is 9.21 Å². The summed E-state index contributed by atoms with van der Waals surface area (Å²) < 4.78 is 7.61. The van der Waals surface area contributed by atoms with Crippen molar-refractivity contribution in [2.45, 2.75) is 20.4 Å². The molecule has 0 spiro atoms. The molecule has 8 heteroatoms. The summed E-state index contributed by atoms with van der Waals surface area (Å²) in [6.07, 6.45) is 3.47. The van der Waals surface area contributed by atoms with Crippen molar-refractivity contribution in [2.75, 3.05) is 31.1 Å². The summed E-state index contributed by atoms with van der Waals surface area (Å²) in [5.74, 6) is 0.981. The summed E-state index contributed by atoms with van der Waals surface area (Å²) >= 11 is 1.61. The average Bonchev–Trinajstić information content (AvgIpc) is 3.49. The van der Waals surface area contributed by atoms with Gasteiger partial charge in [0.1, 0.15) is 16.1 Å². The fourth-order valence-corrected chi connectivity index (χ4v) is 4.94. The van der Waals surface area contributed by atoms with E-state index in [1.165, 1.54) is 0 Å². The largest absolute Gasteiger partial charge is 0.467 e. The number of aromatic nitrogens is 3. The van der Waals surface area contributed by atoms with Gasteiger partial charge < -0.3 is 18.8 Å². The van der Waals surface area contributed by atoms with Crippen molar-refractivity contribution in [3.8, 4) is 0 Å². The number of aryl methyl sites for hydroxylation is 1. The molecule has 0 unspecified atom stereocenters. The van der Waals surface area contributed by atoms with Gasteiger partial charge in [-0.05, 0) is 44.2 Å². The first-order valence-corrected chi connectivity index (χ1v) is 10.9. The van der Waals surface area contributed by atoms with E-state index in [1.54, 1.807) is 23.8 Å². The smallest absolute Gasteiger partial charge is 0.255 e. The van der Waals surface area contributed by atoms with E-state index in [-0.39, 0.29) is 5.91 Å². The van der Waals surface area contributed by atoms with E-state index in [4.69, 9.17) is 9.40 Å². The van der Waals surface area contributed by atoms with Gasteiger partial charge in [-0.15, -0.1) is 0 Å². The van der Waals surface area contributed by atoms with Crippen LogP contribution in [-0.2, 0) is 6.54 Å². The van der Waals surface area contributed by atoms with Gasteiger partial charge in [0.25, 0.3) is 5.91 Å². The summed E-state index contributed by atoms with van der Waals surface area (Å²) in [6.45, 7) is 7.60. The maximum atomic E-state index is 13.2. The van der Waals surface area contributed by atoms with E-state index in [9.17, 15) is 4.79 Å². The second-order valence-corrected chi connectivity index (χ2v) is 8.51. The third-order valence-electron chi connectivity index (χ3n) is 5.69. The average molecular weight is 422 g/mol. The quantitative estimate of drug-likeness (QED) is 0.502. The predicted octanol–water partition coefficient (Wildman–Crippen LogP) is 3.71. The Morgan fingerprint density at radius 1 is 1.17 bits per heavy atom. The lowest BCUT2D eigenvalue weighted by atomic mass is 10.2. The van der Waals surface area contributed by atoms with E-state index in [1.807, 2.05) is 49.1 Å². The van der Waals surface area contributed by atoms with Crippen molar-refractivity contribution in [1.29, 1.82) is 0 Å². The van der Waals surface area contributed by atoms with Gasteiger partial charge in [-0.1, -0.05) is 11.3 Å². The number of amides is 1. The fraction of sp³-hybridized carbons (Fsp3) is 0.318. The number of nitrogens with zero attached hydrogens (tertiary/aromatic N) is 5. The number of hydrogen-bond donors (Lipinski definition) is 0. The number of anilines is 1. The van der Waals surface area contributed by atoms with Crippen LogP contribution in [0.3, 0.4) is 0 Å². The Balaban J connectivity index is 1.29. The van der Waals surface area contributed by atoms with Crippen LogP contribution in [0, 0.1) is 13.8 Å². The number of hydrogen-bond acceptors (Lipinski definition) is 6. The molecule has 5 rings (SSSR count). The van der Waals surface area contributed by atoms with E-state index in [0.29, 0.717) is 19.6 Å². The number of fused-ring (bicyclic) bond motifs is 1. The van der Waals surface area contributed by atoms with Crippen LogP contribution in [-0.4, -0.2) is 51.5 Å². The van der Waals surface area contributed by atoms with Gasteiger partial charge >= 0.3 is 0 Å². The minimum Gasteiger partial charge on any atom is -0.467 e. The normalized spacial score (nSPS) is 14.6. The van der Waals surface area contributed by atoms with E-state index in [2.05, 4.69) is 14.5 Å². The highest BCUT2D eigenvalue weighted by molar-refractivity contribution is 7.21. The highest BCUT2D eigenvalue weighted by Gasteiger charge is 2.26. The van der Waals surface area contributed by atoms with Gasteiger partial charge in [-0.2, -0.15) is 0 Å². The van der Waals surface area contributed by atoms with Gasteiger partial charge in [0.15, 0.2) is 5.13 Å². The predicted molar refractivity (Wildman–Crippen MR) is 117 cm³/mol. The van der Waals surface area contributed by atoms with Crippen molar-refractivity contribution in [3.05, 3.63) is 65.5 Å². The molecule has 1 saturated heterocycles. The Morgan fingerprint density at radius 3 is 2.73 bits per heavy atom. The number of thiazole rings is 1. The summed E-state index contributed by atoms with van der Waals surface area (Å²) in [5, 5.41) is 0.979. The zero-order chi connectivity index (χ0) is 20.7. The summed E-state index contributed by atoms with van der Waals surface area (Å²) in [7, 11) is 0. The van der Waals surface area contributed by atoms with E-state index >= 15 is 0 Å². The Labute approximate surface area is 178 Å². The molecule has 0 radical (unpaired) electrons. The third-order valence-corrected chi connectivity index (χ3v) is 6.73. The summed E-state index contributed by atoms with van der Waals surface area (Å²) in [6, 6.07) is 9.73. The van der Waals surface area contributed by atoms with Crippen molar-refractivity contribution >= 4 is 32.7 Å². The fourth-order valence-electron chi connectivity index (χ4n) is 3.98. The lowest BCUT2D eigenvalue weighted by molar-refractivity contribution is 0.0746. The highest BCUT2D eigenvalue weighted by Crippen LogP contribution is 2.28. The maximum Gasteiger partial charge on any atom is 0.255 e. The van der Waals surface area contributed by atoms with Crippen molar-refractivity contribution in [1.82, 2.24) is 19.4 Å². The molecule has 1 aliphatic rings. The zero-order valence-corrected chi connectivity index (χ0v) is 17.9. The first-order chi connectivity index (χ1) is 14.6. The van der Waals surface area contributed by atoms with Crippen LogP contribution in [0.15, 0.2) is 47.2 Å². The summed E-state index contributed by atoms with van der Waals surface area (Å²) in [5.41, 5.74) is 3.75. The van der Waals surface area contributed by atoms with Gasteiger partial charge in [0.2, 0.25) is 0 Å².